The van der Waals surface area contributed by atoms with E-state index in [0.717, 1.165) is 5.69 Å². The van der Waals surface area contributed by atoms with E-state index in [-0.39, 0.29) is 11.9 Å². The summed E-state index contributed by atoms with van der Waals surface area (Å²) in [6.45, 7) is 2.21. The van der Waals surface area contributed by atoms with Crippen molar-refractivity contribution in [3.8, 4) is 0 Å². The van der Waals surface area contributed by atoms with E-state index in [9.17, 15) is 4.79 Å². The topological polar surface area (TPSA) is 85.8 Å². The first-order chi connectivity index (χ1) is 6.09. The molecule has 1 aromatic heterocycles. The summed E-state index contributed by atoms with van der Waals surface area (Å²) < 4.78 is 1.60. The molecule has 1 heterocycles. The van der Waals surface area contributed by atoms with Gasteiger partial charge in [-0.15, -0.1) is 5.10 Å². The molecule has 3 N–H and O–H groups in total. The molecule has 1 aromatic rings. The van der Waals surface area contributed by atoms with E-state index in [1.54, 1.807) is 24.9 Å². The number of nitrogens with zero attached hydrogens (tertiary/aromatic N) is 3. The minimum absolute atomic E-state index is 0.345. The van der Waals surface area contributed by atoms with E-state index < -0.39 is 0 Å². The van der Waals surface area contributed by atoms with Crippen molar-refractivity contribution < 1.29 is 4.79 Å². The van der Waals surface area contributed by atoms with Crippen LogP contribution in [-0.2, 0) is 18.4 Å². The van der Waals surface area contributed by atoms with Crippen molar-refractivity contribution in [3.05, 3.63) is 11.9 Å². The molecule has 13 heavy (non-hydrogen) atoms. The lowest BCUT2D eigenvalue weighted by atomic mass is 10.3. The number of hydrogen-bond donors (Lipinski definition) is 2. The van der Waals surface area contributed by atoms with E-state index >= 15 is 0 Å². The van der Waals surface area contributed by atoms with Crippen LogP contribution in [0, 0.1) is 0 Å². The quantitative estimate of drug-likeness (QED) is 0.612. The van der Waals surface area contributed by atoms with Gasteiger partial charge in [-0.1, -0.05) is 5.21 Å². The molecule has 1 atom stereocenters. The highest BCUT2D eigenvalue weighted by molar-refractivity contribution is 5.79. The van der Waals surface area contributed by atoms with Crippen molar-refractivity contribution in [3.63, 3.8) is 0 Å². The lowest BCUT2D eigenvalue weighted by molar-refractivity contribution is -0.119. The van der Waals surface area contributed by atoms with Crippen LogP contribution in [0.3, 0.4) is 0 Å². The summed E-state index contributed by atoms with van der Waals surface area (Å²) in [5.74, 6) is -0.371. The number of aryl methyl sites for hydroxylation is 1. The highest BCUT2D eigenvalue weighted by Gasteiger charge is 2.07. The van der Waals surface area contributed by atoms with Crippen LogP contribution < -0.4 is 11.1 Å². The number of nitrogens with one attached hydrogen (secondary N) is 1. The van der Waals surface area contributed by atoms with Gasteiger partial charge in [0.05, 0.1) is 11.7 Å². The van der Waals surface area contributed by atoms with E-state index in [0.29, 0.717) is 6.54 Å². The van der Waals surface area contributed by atoms with Gasteiger partial charge < -0.3 is 11.1 Å². The van der Waals surface area contributed by atoms with Gasteiger partial charge in [0, 0.05) is 19.8 Å². The molecule has 6 heteroatoms. The van der Waals surface area contributed by atoms with Crippen molar-refractivity contribution in [1.29, 1.82) is 0 Å². The van der Waals surface area contributed by atoms with E-state index in [4.69, 9.17) is 5.73 Å². The minimum atomic E-state index is -0.371. The Labute approximate surface area is 76.1 Å². The Morgan fingerprint density at radius 3 is 3.00 bits per heavy atom. The standard InChI is InChI=1S/C7H13N5O/c1-5(7(8)13)9-3-6-4-12(2)11-10-6/h4-5,9H,3H2,1-2H3,(H2,8,13). The van der Waals surface area contributed by atoms with E-state index in [1.165, 1.54) is 0 Å². The zero-order valence-electron chi connectivity index (χ0n) is 7.69. The fourth-order valence-electron chi connectivity index (χ4n) is 0.835. The fraction of sp³-hybridized carbons (Fsp3) is 0.571. The Kier molecular flexibility index (Phi) is 2.97. The van der Waals surface area contributed by atoms with Crippen LogP contribution in [0.15, 0.2) is 6.20 Å². The molecule has 0 fully saturated rings. The Morgan fingerprint density at radius 2 is 2.54 bits per heavy atom. The highest BCUT2D eigenvalue weighted by Crippen LogP contribution is 1.91. The third-order valence-electron chi connectivity index (χ3n) is 1.67. The molecular formula is C7H13N5O. The first kappa shape index (κ1) is 9.66. The molecule has 0 spiro atoms. The molecular weight excluding hydrogens is 170 g/mol. The third kappa shape index (κ3) is 2.83. The van der Waals surface area contributed by atoms with E-state index in [1.807, 2.05) is 0 Å². The van der Waals surface area contributed by atoms with Gasteiger partial charge in [-0.25, -0.2) is 0 Å². The second-order valence-electron chi connectivity index (χ2n) is 2.89. The number of primary amides is 1. The van der Waals surface area contributed by atoms with Crippen LogP contribution in [0.1, 0.15) is 12.6 Å². The first-order valence-electron chi connectivity index (χ1n) is 3.97. The molecule has 0 aromatic carbocycles. The average molecular weight is 183 g/mol. The molecule has 0 bridgehead atoms. The summed E-state index contributed by atoms with van der Waals surface area (Å²) in [6.07, 6.45) is 1.78. The smallest absolute Gasteiger partial charge is 0.234 e. The molecule has 0 radical (unpaired) electrons. The summed E-state index contributed by atoms with van der Waals surface area (Å²) in [7, 11) is 1.79. The highest BCUT2D eigenvalue weighted by atomic mass is 16.1. The van der Waals surface area contributed by atoms with Crippen LogP contribution in [0.2, 0.25) is 0 Å². The largest absolute Gasteiger partial charge is 0.368 e. The Balaban J connectivity index is 2.39. The summed E-state index contributed by atoms with van der Waals surface area (Å²) in [5.41, 5.74) is 5.85. The summed E-state index contributed by atoms with van der Waals surface area (Å²) >= 11 is 0. The van der Waals surface area contributed by atoms with Gasteiger partial charge in [0.1, 0.15) is 0 Å². The Morgan fingerprint density at radius 1 is 1.85 bits per heavy atom. The van der Waals surface area contributed by atoms with Crippen LogP contribution >= 0.6 is 0 Å². The molecule has 0 aliphatic rings. The fourth-order valence-corrected chi connectivity index (χ4v) is 0.835. The second kappa shape index (κ2) is 3.99. The third-order valence-corrected chi connectivity index (χ3v) is 1.67. The first-order valence-corrected chi connectivity index (χ1v) is 3.97. The van der Waals surface area contributed by atoms with Crippen molar-refractivity contribution in [2.75, 3.05) is 0 Å². The van der Waals surface area contributed by atoms with Crippen LogP contribution in [0.4, 0.5) is 0 Å². The molecule has 1 unspecified atom stereocenters. The number of carbonyl (C=O) groups is 1. The second-order valence-corrected chi connectivity index (χ2v) is 2.89. The van der Waals surface area contributed by atoms with Gasteiger partial charge in [-0.05, 0) is 6.92 Å². The molecule has 1 amide bonds. The van der Waals surface area contributed by atoms with E-state index in [2.05, 4.69) is 15.6 Å². The molecule has 6 nitrogen and oxygen atoms in total. The van der Waals surface area contributed by atoms with Crippen LogP contribution in [0.25, 0.3) is 0 Å². The zero-order valence-corrected chi connectivity index (χ0v) is 7.69. The summed E-state index contributed by atoms with van der Waals surface area (Å²) in [5, 5.41) is 10.5. The lowest BCUT2D eigenvalue weighted by Gasteiger charge is -2.06. The average Bonchev–Trinajstić information content (AvgIpc) is 2.47. The number of carbonyl (C=O) groups excluding carboxylic acids is 1. The van der Waals surface area contributed by atoms with Crippen LogP contribution in [-0.4, -0.2) is 26.9 Å². The minimum Gasteiger partial charge on any atom is -0.368 e. The number of aromatic nitrogens is 3. The van der Waals surface area contributed by atoms with Crippen LogP contribution in [0.5, 0.6) is 0 Å². The maximum atomic E-state index is 10.6. The molecule has 0 aliphatic heterocycles. The lowest BCUT2D eigenvalue weighted by Crippen LogP contribution is -2.38. The van der Waals surface area contributed by atoms with Gasteiger partial charge in [0.25, 0.3) is 0 Å². The van der Waals surface area contributed by atoms with Crippen molar-refractivity contribution >= 4 is 5.91 Å². The molecule has 0 saturated heterocycles. The summed E-state index contributed by atoms with van der Waals surface area (Å²) in [6, 6.07) is -0.345. The SMILES string of the molecule is CC(NCc1cn(C)nn1)C(N)=O. The summed E-state index contributed by atoms with van der Waals surface area (Å²) in [4.78, 5) is 10.6. The zero-order chi connectivity index (χ0) is 9.84. The maximum Gasteiger partial charge on any atom is 0.234 e. The predicted molar refractivity (Wildman–Crippen MR) is 46.5 cm³/mol. The molecule has 0 aliphatic carbocycles. The van der Waals surface area contributed by atoms with Gasteiger partial charge in [0.15, 0.2) is 0 Å². The number of amides is 1. The number of nitrogens with two attached hydrogens (primary N) is 1. The van der Waals surface area contributed by atoms with Gasteiger partial charge in [0.2, 0.25) is 5.91 Å². The Bertz CT molecular complexity index is 295. The monoisotopic (exact) mass is 183 g/mol. The van der Waals surface area contributed by atoms with Gasteiger partial charge >= 0.3 is 0 Å². The molecule has 1 rings (SSSR count). The Hall–Kier alpha value is -1.43. The predicted octanol–water partition coefficient (Wildman–Crippen LogP) is -1.22. The van der Waals surface area contributed by atoms with Gasteiger partial charge in [-0.2, -0.15) is 0 Å². The molecule has 72 valence electrons. The van der Waals surface area contributed by atoms with Gasteiger partial charge in [-0.3, -0.25) is 9.48 Å². The van der Waals surface area contributed by atoms with Crippen molar-refractivity contribution in [1.82, 2.24) is 20.3 Å². The number of hydrogen-bond acceptors (Lipinski definition) is 4. The maximum absolute atomic E-state index is 10.6. The van der Waals surface area contributed by atoms with Crippen molar-refractivity contribution in [2.45, 2.75) is 19.5 Å². The normalized spacial score (nSPS) is 12.8. The molecule has 0 saturated carbocycles. The van der Waals surface area contributed by atoms with Crippen molar-refractivity contribution in [2.24, 2.45) is 12.8 Å². The number of rotatable bonds is 4.